The lowest BCUT2D eigenvalue weighted by Crippen LogP contribution is -2.49. The first-order chi connectivity index (χ1) is 14.5. The number of halogens is 1. The zero-order valence-electron chi connectivity index (χ0n) is 17.8. The van der Waals surface area contributed by atoms with Gasteiger partial charge in [-0.25, -0.2) is 9.37 Å². The number of piperazine rings is 1. The standard InChI is InChI=1S/C24H31FN4O/c1-17(28-12-14-29(15-13-28)19-5-3-18(25)4-6-19)2-7-22-26-21-8-9-24(10-11-24)16-20(21)23(30)27-22/h3-6,17H,2,7-16H2,1H3,(H,26,27,30). The number of anilines is 1. The van der Waals surface area contributed by atoms with E-state index in [4.69, 9.17) is 4.98 Å². The Morgan fingerprint density at radius 3 is 2.57 bits per heavy atom. The van der Waals surface area contributed by atoms with Gasteiger partial charge in [-0.15, -0.1) is 0 Å². The van der Waals surface area contributed by atoms with E-state index in [-0.39, 0.29) is 11.4 Å². The minimum atomic E-state index is -0.188. The van der Waals surface area contributed by atoms with Crippen molar-refractivity contribution < 1.29 is 4.39 Å². The van der Waals surface area contributed by atoms with Gasteiger partial charge < -0.3 is 9.88 Å². The third kappa shape index (κ3) is 4.02. The van der Waals surface area contributed by atoms with Crippen molar-refractivity contribution in [2.45, 2.75) is 57.9 Å². The molecule has 1 aliphatic heterocycles. The Bertz CT molecular complexity index is 958. The fraction of sp³-hybridized carbons (Fsp3) is 0.583. The van der Waals surface area contributed by atoms with Gasteiger partial charge in [-0.1, -0.05) is 0 Å². The maximum atomic E-state index is 13.1. The second-order valence-corrected chi connectivity index (χ2v) is 9.50. The third-order valence-electron chi connectivity index (χ3n) is 7.48. The predicted molar refractivity (Wildman–Crippen MR) is 117 cm³/mol. The van der Waals surface area contributed by atoms with Crippen molar-refractivity contribution in [2.24, 2.45) is 5.41 Å². The first-order valence-corrected chi connectivity index (χ1v) is 11.4. The van der Waals surface area contributed by atoms with Crippen LogP contribution in [-0.4, -0.2) is 47.1 Å². The zero-order valence-corrected chi connectivity index (χ0v) is 17.8. The van der Waals surface area contributed by atoms with E-state index in [1.54, 1.807) is 0 Å². The second kappa shape index (κ2) is 7.80. The second-order valence-electron chi connectivity index (χ2n) is 9.50. The van der Waals surface area contributed by atoms with E-state index in [0.29, 0.717) is 11.5 Å². The summed E-state index contributed by atoms with van der Waals surface area (Å²) in [6, 6.07) is 7.22. The van der Waals surface area contributed by atoms with Gasteiger partial charge in [0.25, 0.3) is 5.56 Å². The van der Waals surface area contributed by atoms with E-state index < -0.39 is 0 Å². The Hall–Kier alpha value is -2.21. The van der Waals surface area contributed by atoms with Crippen LogP contribution in [0.3, 0.4) is 0 Å². The summed E-state index contributed by atoms with van der Waals surface area (Å²) in [6.45, 7) is 6.15. The first-order valence-electron chi connectivity index (χ1n) is 11.4. The van der Waals surface area contributed by atoms with Crippen LogP contribution in [0.1, 0.15) is 49.7 Å². The van der Waals surface area contributed by atoms with E-state index in [1.807, 2.05) is 12.1 Å². The van der Waals surface area contributed by atoms with Gasteiger partial charge in [0.2, 0.25) is 0 Å². The number of aromatic nitrogens is 2. The Kier molecular flexibility index (Phi) is 5.13. The molecule has 0 radical (unpaired) electrons. The highest BCUT2D eigenvalue weighted by Gasteiger charge is 2.45. The molecular weight excluding hydrogens is 379 g/mol. The number of aryl methyl sites for hydroxylation is 2. The fourth-order valence-corrected chi connectivity index (χ4v) is 5.15. The molecule has 2 aliphatic carbocycles. The van der Waals surface area contributed by atoms with Crippen molar-refractivity contribution in [3.8, 4) is 0 Å². The van der Waals surface area contributed by atoms with Crippen molar-refractivity contribution in [1.29, 1.82) is 0 Å². The lowest BCUT2D eigenvalue weighted by Gasteiger charge is -2.39. The number of nitrogens with one attached hydrogen (secondary N) is 1. The van der Waals surface area contributed by atoms with Gasteiger partial charge in [0, 0.05) is 49.9 Å². The molecule has 0 amide bonds. The molecule has 0 bridgehead atoms. The molecule has 1 atom stereocenters. The maximum absolute atomic E-state index is 13.1. The summed E-state index contributed by atoms with van der Waals surface area (Å²) in [5, 5.41) is 0. The number of fused-ring (bicyclic) bond motifs is 1. The van der Waals surface area contributed by atoms with Gasteiger partial charge in [0.15, 0.2) is 0 Å². The van der Waals surface area contributed by atoms with E-state index >= 15 is 0 Å². The Balaban J connectivity index is 1.15. The monoisotopic (exact) mass is 410 g/mol. The van der Waals surface area contributed by atoms with Crippen LogP contribution < -0.4 is 10.5 Å². The molecule has 1 aromatic carbocycles. The lowest BCUT2D eigenvalue weighted by atomic mass is 9.84. The van der Waals surface area contributed by atoms with Crippen LogP contribution in [0.4, 0.5) is 10.1 Å². The summed E-state index contributed by atoms with van der Waals surface area (Å²) >= 11 is 0. The molecular formula is C24H31FN4O. The van der Waals surface area contributed by atoms with Crippen LogP contribution in [0.15, 0.2) is 29.1 Å². The molecule has 1 saturated heterocycles. The highest BCUT2D eigenvalue weighted by atomic mass is 19.1. The summed E-state index contributed by atoms with van der Waals surface area (Å²) in [5.74, 6) is 0.661. The van der Waals surface area contributed by atoms with Gasteiger partial charge in [0.1, 0.15) is 11.6 Å². The Morgan fingerprint density at radius 2 is 1.87 bits per heavy atom. The summed E-state index contributed by atoms with van der Waals surface area (Å²) in [7, 11) is 0. The van der Waals surface area contributed by atoms with Gasteiger partial charge in [-0.2, -0.15) is 0 Å². The molecule has 2 fully saturated rings. The van der Waals surface area contributed by atoms with Crippen molar-refractivity contribution in [2.75, 3.05) is 31.1 Å². The quantitative estimate of drug-likeness (QED) is 0.822. The number of benzene rings is 1. The van der Waals surface area contributed by atoms with Crippen molar-refractivity contribution in [3.05, 3.63) is 57.5 Å². The molecule has 1 aromatic heterocycles. The summed E-state index contributed by atoms with van der Waals surface area (Å²) < 4.78 is 13.1. The van der Waals surface area contributed by atoms with Gasteiger partial charge in [0.05, 0.1) is 5.69 Å². The number of hydrogen-bond donors (Lipinski definition) is 1. The number of hydrogen-bond acceptors (Lipinski definition) is 4. The molecule has 1 unspecified atom stereocenters. The van der Waals surface area contributed by atoms with E-state index in [9.17, 15) is 9.18 Å². The summed E-state index contributed by atoms with van der Waals surface area (Å²) in [4.78, 5) is 25.3. The zero-order chi connectivity index (χ0) is 20.7. The normalized spacial score (nSPS) is 21.5. The molecule has 3 aliphatic rings. The largest absolute Gasteiger partial charge is 0.369 e. The average molecular weight is 411 g/mol. The van der Waals surface area contributed by atoms with Crippen LogP contribution in [0, 0.1) is 11.2 Å². The van der Waals surface area contributed by atoms with E-state index in [2.05, 4.69) is 21.7 Å². The third-order valence-corrected chi connectivity index (χ3v) is 7.48. The van der Waals surface area contributed by atoms with E-state index in [0.717, 1.165) is 74.6 Å². The van der Waals surface area contributed by atoms with Crippen molar-refractivity contribution in [3.63, 3.8) is 0 Å². The molecule has 2 aromatic rings. The summed E-state index contributed by atoms with van der Waals surface area (Å²) in [6.07, 6.45) is 7.45. The minimum absolute atomic E-state index is 0.0986. The Labute approximate surface area is 177 Å². The van der Waals surface area contributed by atoms with Crippen LogP contribution in [0.5, 0.6) is 0 Å². The molecule has 1 N–H and O–H groups in total. The molecule has 5 rings (SSSR count). The molecule has 1 saturated carbocycles. The number of rotatable bonds is 5. The molecule has 6 heteroatoms. The number of H-pyrrole nitrogens is 1. The topological polar surface area (TPSA) is 52.2 Å². The smallest absolute Gasteiger partial charge is 0.254 e. The first kappa shape index (κ1) is 19.7. The molecule has 1 spiro atoms. The van der Waals surface area contributed by atoms with Gasteiger partial charge >= 0.3 is 0 Å². The van der Waals surface area contributed by atoms with Crippen LogP contribution in [0.25, 0.3) is 0 Å². The van der Waals surface area contributed by atoms with E-state index in [1.165, 1.54) is 31.4 Å². The average Bonchev–Trinajstić information content (AvgIpc) is 3.52. The highest BCUT2D eigenvalue weighted by molar-refractivity contribution is 5.46. The molecule has 2 heterocycles. The van der Waals surface area contributed by atoms with Crippen LogP contribution >= 0.6 is 0 Å². The summed E-state index contributed by atoms with van der Waals surface area (Å²) in [5.41, 5.74) is 3.63. The lowest BCUT2D eigenvalue weighted by molar-refractivity contribution is 0.188. The number of nitrogens with zero attached hydrogens (tertiary/aromatic N) is 3. The van der Waals surface area contributed by atoms with Crippen LogP contribution in [-0.2, 0) is 19.3 Å². The van der Waals surface area contributed by atoms with Gasteiger partial charge in [-0.05, 0) is 75.1 Å². The molecule has 30 heavy (non-hydrogen) atoms. The van der Waals surface area contributed by atoms with Crippen molar-refractivity contribution >= 4 is 5.69 Å². The van der Waals surface area contributed by atoms with Crippen LogP contribution in [0.2, 0.25) is 0 Å². The minimum Gasteiger partial charge on any atom is -0.369 e. The maximum Gasteiger partial charge on any atom is 0.254 e. The predicted octanol–water partition coefficient (Wildman–Crippen LogP) is 3.32. The van der Waals surface area contributed by atoms with Crippen molar-refractivity contribution in [1.82, 2.24) is 14.9 Å². The number of aromatic amines is 1. The molecule has 160 valence electrons. The highest BCUT2D eigenvalue weighted by Crippen LogP contribution is 2.53. The fourth-order valence-electron chi connectivity index (χ4n) is 5.15. The Morgan fingerprint density at radius 1 is 1.13 bits per heavy atom. The SMILES string of the molecule is CC(CCc1nc2c(c(=O)[nH]1)CC1(CC2)CC1)N1CCN(c2ccc(F)cc2)CC1. The molecule has 5 nitrogen and oxygen atoms in total. The van der Waals surface area contributed by atoms with Gasteiger partial charge in [-0.3, -0.25) is 9.69 Å².